The maximum atomic E-state index is 12.5. The van der Waals surface area contributed by atoms with Gasteiger partial charge in [0, 0.05) is 6.42 Å². The maximum absolute atomic E-state index is 12.5. The largest absolute Gasteiger partial charge is 0.416 e. The monoisotopic (exact) mass is 289 g/mol. The minimum atomic E-state index is -4.38. The normalized spacial score (nSPS) is 11.4. The maximum Gasteiger partial charge on any atom is 0.416 e. The molecule has 0 radical (unpaired) electrons. The van der Waals surface area contributed by atoms with Crippen molar-refractivity contribution in [3.63, 3.8) is 0 Å². The summed E-state index contributed by atoms with van der Waals surface area (Å²) < 4.78 is 37.4. The van der Waals surface area contributed by atoms with Crippen LogP contribution in [0, 0.1) is 0 Å². The summed E-state index contributed by atoms with van der Waals surface area (Å²) in [4.78, 5) is 16.2. The van der Waals surface area contributed by atoms with Crippen LogP contribution in [0.15, 0.2) is 24.3 Å². The third-order valence-electron chi connectivity index (χ3n) is 2.69. The molecule has 0 bridgehead atoms. The number of hydrogen-bond donors (Lipinski definition) is 1. The van der Waals surface area contributed by atoms with E-state index in [4.69, 9.17) is 4.84 Å². The minimum Gasteiger partial charge on any atom is -0.273 e. The SMILES string of the molecule is CCCCCC(=O)NOCc1cccc(C(F)(F)F)c1. The van der Waals surface area contributed by atoms with Crippen molar-refractivity contribution in [3.05, 3.63) is 35.4 Å². The van der Waals surface area contributed by atoms with Gasteiger partial charge in [-0.25, -0.2) is 5.48 Å². The molecule has 1 aromatic rings. The highest BCUT2D eigenvalue weighted by Gasteiger charge is 2.30. The first-order chi connectivity index (χ1) is 9.43. The van der Waals surface area contributed by atoms with Gasteiger partial charge in [0.15, 0.2) is 0 Å². The third-order valence-corrected chi connectivity index (χ3v) is 2.69. The zero-order chi connectivity index (χ0) is 15.0. The molecule has 3 nitrogen and oxygen atoms in total. The summed E-state index contributed by atoms with van der Waals surface area (Å²) in [5, 5.41) is 0. The lowest BCUT2D eigenvalue weighted by molar-refractivity contribution is -0.138. The van der Waals surface area contributed by atoms with Gasteiger partial charge in [0.1, 0.15) is 0 Å². The Morgan fingerprint density at radius 3 is 2.70 bits per heavy atom. The van der Waals surface area contributed by atoms with Crippen molar-refractivity contribution < 1.29 is 22.8 Å². The van der Waals surface area contributed by atoms with Gasteiger partial charge in [-0.3, -0.25) is 9.63 Å². The van der Waals surface area contributed by atoms with Gasteiger partial charge in [0.05, 0.1) is 12.2 Å². The summed E-state index contributed by atoms with van der Waals surface area (Å²) in [6.45, 7) is 1.94. The zero-order valence-electron chi connectivity index (χ0n) is 11.3. The lowest BCUT2D eigenvalue weighted by atomic mass is 10.1. The van der Waals surface area contributed by atoms with Crippen LogP contribution in [0.3, 0.4) is 0 Å². The Morgan fingerprint density at radius 1 is 1.30 bits per heavy atom. The molecule has 0 unspecified atom stereocenters. The molecule has 1 aromatic carbocycles. The van der Waals surface area contributed by atoms with E-state index in [2.05, 4.69) is 5.48 Å². The van der Waals surface area contributed by atoms with Crippen molar-refractivity contribution in [2.45, 2.75) is 45.4 Å². The summed E-state index contributed by atoms with van der Waals surface area (Å²) >= 11 is 0. The number of alkyl halides is 3. The van der Waals surface area contributed by atoms with Crippen LogP contribution in [0.2, 0.25) is 0 Å². The van der Waals surface area contributed by atoms with E-state index in [9.17, 15) is 18.0 Å². The van der Waals surface area contributed by atoms with E-state index >= 15 is 0 Å². The minimum absolute atomic E-state index is 0.0938. The Kier molecular flexibility index (Phi) is 6.51. The summed E-state index contributed by atoms with van der Waals surface area (Å²) in [7, 11) is 0. The van der Waals surface area contributed by atoms with Gasteiger partial charge < -0.3 is 0 Å². The molecule has 0 spiro atoms. The number of halogens is 3. The van der Waals surface area contributed by atoms with Crippen molar-refractivity contribution >= 4 is 5.91 Å². The second kappa shape index (κ2) is 7.89. The average molecular weight is 289 g/mol. The highest BCUT2D eigenvalue weighted by Crippen LogP contribution is 2.29. The van der Waals surface area contributed by atoms with Crippen LogP contribution >= 0.6 is 0 Å². The summed E-state index contributed by atoms with van der Waals surface area (Å²) in [5.74, 6) is -0.259. The number of benzene rings is 1. The first kappa shape index (κ1) is 16.5. The fourth-order valence-electron chi connectivity index (χ4n) is 1.62. The van der Waals surface area contributed by atoms with Crippen LogP contribution in [-0.4, -0.2) is 5.91 Å². The second-order valence-corrected chi connectivity index (χ2v) is 4.47. The van der Waals surface area contributed by atoms with Crippen LogP contribution in [0.25, 0.3) is 0 Å². The Labute approximate surface area is 116 Å². The summed E-state index contributed by atoms with van der Waals surface area (Å²) in [5.41, 5.74) is 1.85. The van der Waals surface area contributed by atoms with E-state index in [1.54, 1.807) is 0 Å². The van der Waals surface area contributed by atoms with Crippen LogP contribution in [0.5, 0.6) is 0 Å². The molecule has 112 valence electrons. The van der Waals surface area contributed by atoms with Crippen LogP contribution < -0.4 is 5.48 Å². The van der Waals surface area contributed by atoms with Gasteiger partial charge in [-0.1, -0.05) is 31.9 Å². The number of hydroxylamine groups is 1. The lowest BCUT2D eigenvalue weighted by Crippen LogP contribution is -2.23. The van der Waals surface area contributed by atoms with E-state index < -0.39 is 11.7 Å². The Balaban J connectivity index is 2.37. The fraction of sp³-hybridized carbons (Fsp3) is 0.500. The van der Waals surface area contributed by atoms with Gasteiger partial charge in [0.2, 0.25) is 5.91 Å². The van der Waals surface area contributed by atoms with Crippen LogP contribution in [0.4, 0.5) is 13.2 Å². The fourth-order valence-corrected chi connectivity index (χ4v) is 1.62. The summed E-state index contributed by atoms with van der Waals surface area (Å²) in [6.07, 6.45) is -1.27. The number of carbonyl (C=O) groups is 1. The standard InChI is InChI=1S/C14H18F3NO2/c1-2-3-4-8-13(19)18-20-10-11-6-5-7-12(9-11)14(15,16)17/h5-7,9H,2-4,8,10H2,1H3,(H,18,19). The Bertz CT molecular complexity index is 433. The molecule has 1 N–H and O–H groups in total. The van der Waals surface area contributed by atoms with Crippen LogP contribution in [-0.2, 0) is 22.4 Å². The lowest BCUT2D eigenvalue weighted by Gasteiger charge is -2.09. The summed E-state index contributed by atoms with van der Waals surface area (Å²) in [6, 6.07) is 4.82. The molecule has 0 aliphatic rings. The molecule has 0 saturated heterocycles. The molecule has 20 heavy (non-hydrogen) atoms. The average Bonchev–Trinajstić information content (AvgIpc) is 2.38. The molecule has 1 rings (SSSR count). The molecule has 0 heterocycles. The molecule has 0 atom stereocenters. The van der Waals surface area contributed by atoms with E-state index in [0.717, 1.165) is 31.4 Å². The molecule has 1 amide bonds. The molecule has 0 aliphatic carbocycles. The van der Waals surface area contributed by atoms with Crippen molar-refractivity contribution in [2.24, 2.45) is 0 Å². The van der Waals surface area contributed by atoms with Crippen molar-refractivity contribution in [2.75, 3.05) is 0 Å². The first-order valence-electron chi connectivity index (χ1n) is 6.50. The third kappa shape index (κ3) is 6.06. The van der Waals surface area contributed by atoms with Gasteiger partial charge in [0.25, 0.3) is 0 Å². The van der Waals surface area contributed by atoms with E-state index in [-0.39, 0.29) is 12.5 Å². The second-order valence-electron chi connectivity index (χ2n) is 4.47. The quantitative estimate of drug-likeness (QED) is 0.612. The molecule has 0 aromatic heterocycles. The van der Waals surface area contributed by atoms with Gasteiger partial charge in [-0.2, -0.15) is 13.2 Å². The first-order valence-corrected chi connectivity index (χ1v) is 6.50. The van der Waals surface area contributed by atoms with Gasteiger partial charge >= 0.3 is 6.18 Å². The van der Waals surface area contributed by atoms with E-state index in [0.29, 0.717) is 12.0 Å². The van der Waals surface area contributed by atoms with Crippen molar-refractivity contribution in [3.8, 4) is 0 Å². The number of amides is 1. The molecular formula is C14H18F3NO2. The smallest absolute Gasteiger partial charge is 0.273 e. The van der Waals surface area contributed by atoms with E-state index in [1.807, 2.05) is 6.92 Å². The predicted molar refractivity (Wildman–Crippen MR) is 68.5 cm³/mol. The van der Waals surface area contributed by atoms with Crippen molar-refractivity contribution in [1.29, 1.82) is 0 Å². The topological polar surface area (TPSA) is 38.3 Å². The number of nitrogens with one attached hydrogen (secondary N) is 1. The molecule has 0 fully saturated rings. The molecule has 0 saturated carbocycles. The number of rotatable bonds is 7. The highest BCUT2D eigenvalue weighted by molar-refractivity contribution is 5.74. The van der Waals surface area contributed by atoms with E-state index in [1.165, 1.54) is 12.1 Å². The molecular weight excluding hydrogens is 271 g/mol. The molecule has 0 aliphatic heterocycles. The highest BCUT2D eigenvalue weighted by atomic mass is 19.4. The van der Waals surface area contributed by atoms with Gasteiger partial charge in [-0.15, -0.1) is 0 Å². The Hall–Kier alpha value is -1.56. The Morgan fingerprint density at radius 2 is 2.05 bits per heavy atom. The number of carbonyl (C=O) groups excluding carboxylic acids is 1. The molecule has 6 heteroatoms. The predicted octanol–water partition coefficient (Wildman–Crippen LogP) is 3.83. The van der Waals surface area contributed by atoms with Crippen molar-refractivity contribution in [1.82, 2.24) is 5.48 Å². The zero-order valence-corrected chi connectivity index (χ0v) is 11.3. The van der Waals surface area contributed by atoms with Crippen LogP contribution in [0.1, 0.15) is 43.7 Å². The number of unbranched alkanes of at least 4 members (excludes halogenated alkanes) is 2. The number of hydrogen-bond acceptors (Lipinski definition) is 2. The van der Waals surface area contributed by atoms with Gasteiger partial charge in [-0.05, 0) is 24.1 Å².